The minimum Gasteiger partial charge on any atom is -0.449 e. The smallest absolute Gasteiger partial charge is 0.241 e. The number of ketones is 1. The molecule has 0 aliphatic rings. The summed E-state index contributed by atoms with van der Waals surface area (Å²) in [7, 11) is 0. The van der Waals surface area contributed by atoms with Crippen molar-refractivity contribution in [3.05, 3.63) is 46.4 Å². The maximum absolute atomic E-state index is 13.6. The molecule has 0 saturated carbocycles. The highest BCUT2D eigenvalue weighted by Gasteiger charge is 2.23. The van der Waals surface area contributed by atoms with Crippen molar-refractivity contribution in [2.24, 2.45) is 0 Å². The first-order chi connectivity index (χ1) is 9.58. The van der Waals surface area contributed by atoms with Crippen LogP contribution in [-0.2, 0) is 0 Å². The molecule has 3 aromatic rings. The van der Waals surface area contributed by atoms with Gasteiger partial charge in [0.15, 0.2) is 17.2 Å². The van der Waals surface area contributed by atoms with Crippen LogP contribution in [0.1, 0.15) is 40.9 Å². The monoisotopic (exact) mass is 290 g/mol. The van der Waals surface area contributed by atoms with Gasteiger partial charge in [-0.15, -0.1) is 5.10 Å². The molecule has 0 aliphatic carbocycles. The highest BCUT2D eigenvalue weighted by molar-refractivity contribution is 7.08. The summed E-state index contributed by atoms with van der Waals surface area (Å²) in [5.74, 6) is -0.584. The molecule has 0 amide bonds. The van der Waals surface area contributed by atoms with Crippen LogP contribution >= 0.6 is 11.5 Å². The molecule has 0 radical (unpaired) electrons. The summed E-state index contributed by atoms with van der Waals surface area (Å²) in [5, 5.41) is 4.53. The van der Waals surface area contributed by atoms with Crippen molar-refractivity contribution in [2.45, 2.75) is 19.8 Å². The predicted molar refractivity (Wildman–Crippen MR) is 73.6 cm³/mol. The van der Waals surface area contributed by atoms with Crippen LogP contribution in [0, 0.1) is 5.82 Å². The maximum Gasteiger partial charge on any atom is 0.241 e. The predicted octanol–water partition coefficient (Wildman–Crippen LogP) is 3.78. The van der Waals surface area contributed by atoms with Crippen LogP contribution in [0.5, 0.6) is 0 Å². The number of halogens is 1. The van der Waals surface area contributed by atoms with Gasteiger partial charge in [0.2, 0.25) is 5.78 Å². The van der Waals surface area contributed by atoms with Crippen LogP contribution in [0.3, 0.4) is 0 Å². The van der Waals surface area contributed by atoms with Crippen LogP contribution < -0.4 is 0 Å². The topological polar surface area (TPSA) is 56.0 Å². The van der Waals surface area contributed by atoms with Crippen LogP contribution in [-0.4, -0.2) is 15.4 Å². The van der Waals surface area contributed by atoms with Crippen molar-refractivity contribution in [1.82, 2.24) is 9.59 Å². The molecule has 0 atom stereocenters. The highest BCUT2D eigenvalue weighted by Crippen LogP contribution is 2.27. The second-order valence-corrected chi connectivity index (χ2v) is 5.49. The molecule has 0 saturated heterocycles. The second kappa shape index (κ2) is 4.79. The number of carbonyl (C=O) groups is 1. The van der Waals surface area contributed by atoms with E-state index in [0.717, 1.165) is 11.5 Å². The van der Waals surface area contributed by atoms with E-state index in [1.807, 2.05) is 13.8 Å². The highest BCUT2D eigenvalue weighted by atomic mass is 32.1. The summed E-state index contributed by atoms with van der Waals surface area (Å²) >= 11 is 1.03. The summed E-state index contributed by atoms with van der Waals surface area (Å²) in [6.07, 6.45) is 0. The summed E-state index contributed by atoms with van der Waals surface area (Å²) in [5.41, 5.74) is 0.736. The zero-order chi connectivity index (χ0) is 14.3. The fourth-order valence-electron chi connectivity index (χ4n) is 1.98. The first kappa shape index (κ1) is 12.9. The molecule has 0 spiro atoms. The van der Waals surface area contributed by atoms with Gasteiger partial charge in [0, 0.05) is 5.39 Å². The van der Waals surface area contributed by atoms with Gasteiger partial charge < -0.3 is 4.42 Å². The Morgan fingerprint density at radius 3 is 2.90 bits per heavy atom. The lowest BCUT2D eigenvalue weighted by Gasteiger charge is -2.00. The molecular weight excluding hydrogens is 279 g/mol. The summed E-state index contributed by atoms with van der Waals surface area (Å²) in [4.78, 5) is 12.9. The minimum atomic E-state index is -0.479. The number of benzene rings is 1. The van der Waals surface area contributed by atoms with Crippen LogP contribution in [0.2, 0.25) is 0 Å². The van der Waals surface area contributed by atoms with E-state index in [1.54, 1.807) is 18.2 Å². The van der Waals surface area contributed by atoms with Gasteiger partial charge in [0.1, 0.15) is 4.88 Å². The van der Waals surface area contributed by atoms with Gasteiger partial charge in [-0.1, -0.05) is 30.5 Å². The Morgan fingerprint density at radius 2 is 2.20 bits per heavy atom. The Balaban J connectivity index is 2.08. The van der Waals surface area contributed by atoms with Gasteiger partial charge in [0.25, 0.3) is 0 Å². The molecular formula is C14H11FN2O2S. The second-order valence-electron chi connectivity index (χ2n) is 4.74. The van der Waals surface area contributed by atoms with Crippen molar-refractivity contribution in [2.75, 3.05) is 0 Å². The summed E-state index contributed by atoms with van der Waals surface area (Å²) < 4.78 is 22.7. The molecule has 6 heteroatoms. The largest absolute Gasteiger partial charge is 0.449 e. The quantitative estimate of drug-likeness (QED) is 0.689. The van der Waals surface area contributed by atoms with E-state index in [4.69, 9.17) is 4.42 Å². The van der Waals surface area contributed by atoms with Gasteiger partial charge in [-0.25, -0.2) is 4.39 Å². The number of para-hydroxylation sites is 1. The number of nitrogens with zero attached hydrogens (tertiary/aromatic N) is 2. The Hall–Kier alpha value is -2.08. The fourth-order valence-corrected chi connectivity index (χ4v) is 2.75. The zero-order valence-corrected chi connectivity index (χ0v) is 11.7. The van der Waals surface area contributed by atoms with Crippen LogP contribution in [0.25, 0.3) is 11.0 Å². The van der Waals surface area contributed by atoms with E-state index < -0.39 is 5.82 Å². The van der Waals surface area contributed by atoms with E-state index in [1.165, 1.54) is 6.07 Å². The molecule has 102 valence electrons. The van der Waals surface area contributed by atoms with Crippen LogP contribution in [0.15, 0.2) is 28.7 Å². The van der Waals surface area contributed by atoms with E-state index in [0.29, 0.717) is 16.0 Å². The average Bonchev–Trinajstić information content (AvgIpc) is 3.05. The first-order valence-electron chi connectivity index (χ1n) is 6.13. The van der Waals surface area contributed by atoms with E-state index >= 15 is 0 Å². The first-order valence-corrected chi connectivity index (χ1v) is 6.90. The van der Waals surface area contributed by atoms with Gasteiger partial charge in [0.05, 0.1) is 5.69 Å². The molecule has 3 rings (SSSR count). The van der Waals surface area contributed by atoms with E-state index in [2.05, 4.69) is 9.59 Å². The van der Waals surface area contributed by atoms with Crippen LogP contribution in [0.4, 0.5) is 4.39 Å². The molecule has 2 heterocycles. The van der Waals surface area contributed by atoms with E-state index in [9.17, 15) is 9.18 Å². The molecule has 0 fully saturated rings. The van der Waals surface area contributed by atoms with Gasteiger partial charge in [-0.3, -0.25) is 4.79 Å². The average molecular weight is 290 g/mol. The van der Waals surface area contributed by atoms with Gasteiger partial charge in [-0.05, 0) is 29.6 Å². The maximum atomic E-state index is 13.6. The lowest BCUT2D eigenvalue weighted by molar-refractivity contribution is 0.101. The van der Waals surface area contributed by atoms with Crippen molar-refractivity contribution < 1.29 is 13.6 Å². The van der Waals surface area contributed by atoms with E-state index in [-0.39, 0.29) is 23.0 Å². The summed E-state index contributed by atoms with van der Waals surface area (Å²) in [6.45, 7) is 3.87. The number of aromatic nitrogens is 2. The Bertz CT molecular complexity index is 791. The lowest BCUT2D eigenvalue weighted by atomic mass is 10.1. The third kappa shape index (κ3) is 2.02. The SMILES string of the molecule is CC(C)c1nnsc1C(=O)c1cc2cccc(F)c2o1. The molecule has 0 unspecified atom stereocenters. The molecule has 0 aliphatic heterocycles. The number of hydrogen-bond donors (Lipinski definition) is 0. The van der Waals surface area contributed by atoms with Crippen molar-refractivity contribution in [3.8, 4) is 0 Å². The molecule has 0 N–H and O–H groups in total. The fraction of sp³-hybridized carbons (Fsp3) is 0.214. The number of rotatable bonds is 3. The third-order valence-corrected chi connectivity index (χ3v) is 3.73. The standard InChI is InChI=1S/C14H11FN2O2S/c1-7(2)11-14(20-17-16-11)12(18)10-6-8-4-3-5-9(15)13(8)19-10/h3-7H,1-2H3. The minimum absolute atomic E-state index is 0.0915. The molecule has 4 nitrogen and oxygen atoms in total. The Labute approximate surface area is 118 Å². The Morgan fingerprint density at radius 1 is 1.40 bits per heavy atom. The number of furan rings is 1. The zero-order valence-electron chi connectivity index (χ0n) is 10.9. The third-order valence-electron chi connectivity index (χ3n) is 2.99. The normalized spacial score (nSPS) is 11.4. The van der Waals surface area contributed by atoms with Crippen molar-refractivity contribution in [3.63, 3.8) is 0 Å². The van der Waals surface area contributed by atoms with Crippen molar-refractivity contribution in [1.29, 1.82) is 0 Å². The van der Waals surface area contributed by atoms with Gasteiger partial charge >= 0.3 is 0 Å². The molecule has 20 heavy (non-hydrogen) atoms. The number of fused-ring (bicyclic) bond motifs is 1. The molecule has 1 aromatic carbocycles. The lowest BCUT2D eigenvalue weighted by Crippen LogP contribution is -2.02. The van der Waals surface area contributed by atoms with Crippen molar-refractivity contribution >= 4 is 28.3 Å². The molecule has 0 bridgehead atoms. The number of carbonyl (C=O) groups excluding carboxylic acids is 1. The molecule has 2 aromatic heterocycles. The number of hydrogen-bond acceptors (Lipinski definition) is 5. The Kier molecular flexibility index (Phi) is 3.10. The summed E-state index contributed by atoms with van der Waals surface area (Å²) in [6, 6.07) is 6.13. The van der Waals surface area contributed by atoms with Gasteiger partial charge in [-0.2, -0.15) is 0 Å².